The Morgan fingerprint density at radius 2 is 1.27 bits per heavy atom. The molecule has 5 N–H and O–H groups in total. The molecule has 3 aliphatic heterocycles. The molecule has 0 aromatic rings. The van der Waals surface area contributed by atoms with E-state index >= 15 is 0 Å². The van der Waals surface area contributed by atoms with E-state index in [2.05, 4.69) is 31.9 Å². The number of hydrogen-bond acceptors (Lipinski definition) is 7. The van der Waals surface area contributed by atoms with Gasteiger partial charge in [-0.25, -0.2) is 21.7 Å². The average Bonchev–Trinajstić information content (AvgIpc) is 3.25. The van der Waals surface area contributed by atoms with Crippen LogP contribution in [0.2, 0.25) is 0 Å². The Balaban J connectivity index is 1.39. The van der Waals surface area contributed by atoms with Gasteiger partial charge in [-0.15, -0.1) is 0 Å². The molecular formula is C19H34N6O. The van der Waals surface area contributed by atoms with Crippen LogP contribution in [0.5, 0.6) is 0 Å². The lowest BCUT2D eigenvalue weighted by molar-refractivity contribution is -0.0852. The summed E-state index contributed by atoms with van der Waals surface area (Å²) in [6.45, 7) is 0. The number of aliphatic hydroxyl groups excluding tert-OH is 1. The third-order valence-corrected chi connectivity index (χ3v) is 8.27. The molecule has 11 atom stereocenters. The molecule has 6 rings (SSSR count). The van der Waals surface area contributed by atoms with Crippen molar-refractivity contribution >= 4 is 0 Å². The number of hydrazine groups is 4. The van der Waals surface area contributed by atoms with Gasteiger partial charge in [-0.2, -0.15) is 10.2 Å². The van der Waals surface area contributed by atoms with Crippen LogP contribution in [0.15, 0.2) is 0 Å². The highest BCUT2D eigenvalue weighted by atomic mass is 16.3. The minimum Gasteiger partial charge on any atom is -0.391 e. The summed E-state index contributed by atoms with van der Waals surface area (Å²) in [5, 5.41) is 15.5. The topological polar surface area (TPSA) is 74.8 Å². The molecule has 6 fully saturated rings. The predicted octanol–water partition coefficient (Wildman–Crippen LogP) is 0.396. The zero-order valence-corrected chi connectivity index (χ0v) is 15.6. The fraction of sp³-hybridized carbons (Fsp3) is 1.00. The lowest BCUT2D eigenvalue weighted by atomic mass is 9.71. The van der Waals surface area contributed by atoms with Crippen molar-refractivity contribution in [3.05, 3.63) is 0 Å². The van der Waals surface area contributed by atoms with Gasteiger partial charge in [-0.1, -0.05) is 12.8 Å². The van der Waals surface area contributed by atoms with Gasteiger partial charge in [0.2, 0.25) is 0 Å². The van der Waals surface area contributed by atoms with Gasteiger partial charge in [-0.3, -0.25) is 0 Å². The van der Waals surface area contributed by atoms with Crippen molar-refractivity contribution in [3.8, 4) is 0 Å². The molecule has 3 saturated heterocycles. The van der Waals surface area contributed by atoms with E-state index in [0.29, 0.717) is 30.2 Å². The molecule has 6 aliphatic rings. The van der Waals surface area contributed by atoms with Crippen LogP contribution in [0.25, 0.3) is 0 Å². The van der Waals surface area contributed by atoms with Crippen molar-refractivity contribution in [2.75, 3.05) is 0 Å². The summed E-state index contributed by atoms with van der Waals surface area (Å²) in [4.78, 5) is 0. The van der Waals surface area contributed by atoms with Gasteiger partial charge in [0.25, 0.3) is 0 Å². The minimum absolute atomic E-state index is 0.0895. The maximum Gasteiger partial charge on any atom is 0.0842 e. The second-order valence-electron chi connectivity index (χ2n) is 9.69. The van der Waals surface area contributed by atoms with Crippen molar-refractivity contribution in [2.45, 2.75) is 107 Å². The molecule has 3 saturated carbocycles. The van der Waals surface area contributed by atoms with Gasteiger partial charge in [0.15, 0.2) is 0 Å². The molecule has 3 heterocycles. The molecule has 3 aliphatic carbocycles. The zero-order chi connectivity index (χ0) is 17.3. The Kier molecular flexibility index (Phi) is 4.08. The van der Waals surface area contributed by atoms with E-state index in [9.17, 15) is 5.11 Å². The number of aliphatic hydroxyl groups is 1. The second-order valence-corrected chi connectivity index (χ2v) is 9.69. The first-order valence-electron chi connectivity index (χ1n) is 11.1. The lowest BCUT2D eigenvalue weighted by Crippen LogP contribution is -2.66. The molecule has 0 aromatic heterocycles. The third kappa shape index (κ3) is 2.52. The number of nitrogens with zero attached hydrogens (tertiary/aromatic N) is 2. The van der Waals surface area contributed by atoms with Crippen LogP contribution >= 0.6 is 0 Å². The van der Waals surface area contributed by atoms with E-state index < -0.39 is 0 Å². The Morgan fingerprint density at radius 1 is 0.654 bits per heavy atom. The first-order valence-corrected chi connectivity index (χ1v) is 11.1. The smallest absolute Gasteiger partial charge is 0.0842 e. The van der Waals surface area contributed by atoms with E-state index in [1.807, 2.05) is 0 Å². The molecule has 26 heavy (non-hydrogen) atoms. The summed E-state index contributed by atoms with van der Waals surface area (Å²) in [7, 11) is 0. The van der Waals surface area contributed by atoms with Crippen LogP contribution in [-0.4, -0.2) is 57.7 Å². The fourth-order valence-corrected chi connectivity index (χ4v) is 7.05. The summed E-state index contributed by atoms with van der Waals surface area (Å²) in [6.07, 6.45) is 12.1. The van der Waals surface area contributed by atoms with Gasteiger partial charge in [0.1, 0.15) is 0 Å². The van der Waals surface area contributed by atoms with Crippen LogP contribution in [0.1, 0.15) is 64.2 Å². The van der Waals surface area contributed by atoms with Crippen LogP contribution in [0.4, 0.5) is 0 Å². The van der Waals surface area contributed by atoms with Gasteiger partial charge in [0, 0.05) is 24.2 Å². The van der Waals surface area contributed by atoms with E-state index in [1.165, 1.54) is 44.9 Å². The van der Waals surface area contributed by atoms with E-state index in [4.69, 9.17) is 0 Å². The second kappa shape index (κ2) is 6.37. The number of nitrogens with one attached hydrogen (secondary N) is 4. The van der Waals surface area contributed by atoms with Crippen molar-refractivity contribution in [1.82, 2.24) is 31.9 Å². The van der Waals surface area contributed by atoms with Gasteiger partial charge in [-0.05, 0) is 63.2 Å². The molecule has 4 bridgehead atoms. The molecule has 11 unspecified atom stereocenters. The maximum absolute atomic E-state index is 10.9. The highest BCUT2D eigenvalue weighted by molar-refractivity contribution is 5.05. The summed E-state index contributed by atoms with van der Waals surface area (Å²) in [5.74, 6) is 1.53. The molecule has 146 valence electrons. The third-order valence-electron chi connectivity index (χ3n) is 8.27. The van der Waals surface area contributed by atoms with Crippen molar-refractivity contribution < 1.29 is 5.11 Å². The Hall–Kier alpha value is -0.280. The normalized spacial score (nSPS) is 58.7. The van der Waals surface area contributed by atoms with Crippen LogP contribution < -0.4 is 21.7 Å². The Labute approximate surface area is 156 Å². The van der Waals surface area contributed by atoms with Crippen LogP contribution in [-0.2, 0) is 0 Å². The van der Waals surface area contributed by atoms with Crippen molar-refractivity contribution in [1.29, 1.82) is 0 Å². The molecule has 0 radical (unpaired) electrons. The van der Waals surface area contributed by atoms with E-state index in [0.717, 1.165) is 31.1 Å². The van der Waals surface area contributed by atoms with Crippen molar-refractivity contribution in [2.24, 2.45) is 11.8 Å². The highest BCUT2D eigenvalue weighted by Crippen LogP contribution is 2.41. The standard InChI is InChI=1S/C19H34N6O/c26-16-9-3-8-15-19(16)25-21-14-7-2-5-12(18(14)23-25)10-11-4-1-6-13-17(11)22-24(15)20-13/h11-23,26H,1-10H2. The lowest BCUT2D eigenvalue weighted by Gasteiger charge is -2.44. The highest BCUT2D eigenvalue weighted by Gasteiger charge is 2.52. The summed E-state index contributed by atoms with van der Waals surface area (Å²) < 4.78 is 0. The van der Waals surface area contributed by atoms with Crippen LogP contribution in [0.3, 0.4) is 0 Å². The largest absolute Gasteiger partial charge is 0.391 e. The van der Waals surface area contributed by atoms with E-state index in [1.54, 1.807) is 0 Å². The van der Waals surface area contributed by atoms with Crippen molar-refractivity contribution in [3.63, 3.8) is 0 Å². The Morgan fingerprint density at radius 3 is 2.00 bits per heavy atom. The maximum atomic E-state index is 10.9. The quantitative estimate of drug-likeness (QED) is 0.427. The first kappa shape index (κ1) is 16.7. The minimum atomic E-state index is -0.282. The summed E-state index contributed by atoms with van der Waals surface area (Å²) in [6, 6.07) is 2.60. The molecule has 7 nitrogen and oxygen atoms in total. The first-order chi connectivity index (χ1) is 12.8. The predicted molar refractivity (Wildman–Crippen MR) is 98.1 cm³/mol. The van der Waals surface area contributed by atoms with Crippen LogP contribution in [0, 0.1) is 11.8 Å². The van der Waals surface area contributed by atoms with Gasteiger partial charge in [0.05, 0.1) is 18.2 Å². The molecular weight excluding hydrogens is 328 g/mol. The number of hydrogen-bond donors (Lipinski definition) is 5. The molecule has 7 heteroatoms. The summed E-state index contributed by atoms with van der Waals surface area (Å²) >= 11 is 0. The van der Waals surface area contributed by atoms with Gasteiger partial charge >= 0.3 is 0 Å². The molecule has 0 aromatic carbocycles. The van der Waals surface area contributed by atoms with Gasteiger partial charge < -0.3 is 5.11 Å². The molecule has 0 amide bonds. The number of fused-ring (bicyclic) bond motifs is 5. The average molecular weight is 363 g/mol. The zero-order valence-electron chi connectivity index (χ0n) is 15.6. The number of rotatable bonds is 0. The summed E-state index contributed by atoms with van der Waals surface area (Å²) in [5.41, 5.74) is 15.3. The van der Waals surface area contributed by atoms with E-state index in [-0.39, 0.29) is 12.1 Å². The SMILES string of the molecule is OC1CCCC2C1N1NC3CCCC(CC4CCCC5NN2NC45)C3N1. The Bertz CT molecular complexity index is 548. The molecule has 0 spiro atoms. The monoisotopic (exact) mass is 362 g/mol. The fourth-order valence-electron chi connectivity index (χ4n) is 7.05.